The van der Waals surface area contributed by atoms with Gasteiger partial charge in [0, 0.05) is 65.0 Å². The summed E-state index contributed by atoms with van der Waals surface area (Å²) in [6.45, 7) is 4.16. The number of nitrogens with zero attached hydrogens (tertiary/aromatic N) is 3. The lowest BCUT2D eigenvalue weighted by molar-refractivity contribution is 0.269. The zero-order valence-electron chi connectivity index (χ0n) is 18.5. The minimum Gasteiger partial charge on any atom is -0.490 e. The molecule has 172 valence electrons. The van der Waals surface area contributed by atoms with Crippen LogP contribution in [-0.4, -0.2) is 40.1 Å². The predicted molar refractivity (Wildman–Crippen MR) is 124 cm³/mol. The summed E-state index contributed by atoms with van der Waals surface area (Å²) >= 11 is 0. The fourth-order valence-corrected chi connectivity index (χ4v) is 5.15. The number of hydrogen-bond donors (Lipinski definition) is 0. The maximum absolute atomic E-state index is 14.7. The quantitative estimate of drug-likeness (QED) is 0.511. The first-order valence-electron chi connectivity index (χ1n) is 11.1. The zero-order chi connectivity index (χ0) is 23.1. The highest BCUT2D eigenvalue weighted by atomic mass is 32.2. The molecule has 1 aliphatic heterocycles. The third-order valence-electron chi connectivity index (χ3n) is 6.70. The molecule has 2 aliphatic rings. The van der Waals surface area contributed by atoms with Crippen molar-refractivity contribution < 1.29 is 17.7 Å². The van der Waals surface area contributed by atoms with E-state index in [0.29, 0.717) is 34.8 Å². The van der Waals surface area contributed by atoms with E-state index in [1.54, 1.807) is 30.5 Å². The van der Waals surface area contributed by atoms with E-state index in [9.17, 15) is 13.0 Å². The Kier molecular flexibility index (Phi) is 5.86. The van der Waals surface area contributed by atoms with Gasteiger partial charge in [0.25, 0.3) is 0 Å². The number of hydrogen-bond acceptors (Lipinski definition) is 5. The lowest BCUT2D eigenvalue weighted by atomic mass is 10.0. The van der Waals surface area contributed by atoms with E-state index in [4.69, 9.17) is 4.74 Å². The SMILES string of the molecule is CCc1cnc(N2CC3C(COc4cc(F)c(-c5ccc(S(C)=O)cc5)cc4F)C3C2)nc1. The van der Waals surface area contributed by atoms with Gasteiger partial charge >= 0.3 is 0 Å². The van der Waals surface area contributed by atoms with E-state index in [1.807, 2.05) is 12.4 Å². The number of benzene rings is 2. The molecule has 0 bridgehead atoms. The van der Waals surface area contributed by atoms with E-state index in [-0.39, 0.29) is 11.3 Å². The Morgan fingerprint density at radius 1 is 1.06 bits per heavy atom. The molecule has 0 radical (unpaired) electrons. The number of aromatic nitrogens is 2. The summed E-state index contributed by atoms with van der Waals surface area (Å²) in [5.74, 6) is 0.811. The zero-order valence-corrected chi connectivity index (χ0v) is 19.3. The van der Waals surface area contributed by atoms with Gasteiger partial charge < -0.3 is 9.64 Å². The number of fused-ring (bicyclic) bond motifs is 1. The van der Waals surface area contributed by atoms with Crippen molar-refractivity contribution in [3.63, 3.8) is 0 Å². The number of piperidine rings is 1. The third-order valence-corrected chi connectivity index (χ3v) is 7.64. The molecule has 3 unspecified atom stereocenters. The standard InChI is InChI=1S/C25H25F2N3O2S/c1-3-15-10-28-25(29-11-15)30-12-19-20(13-30)21(19)14-32-24-9-22(26)18(8-23(24)27)16-4-6-17(7-5-16)33(2)31/h4-11,19-21H,3,12-14H2,1-2H3. The minimum absolute atomic E-state index is 0.0668. The van der Waals surface area contributed by atoms with Crippen molar-refractivity contribution in [3.05, 3.63) is 66.0 Å². The van der Waals surface area contributed by atoms with Crippen LogP contribution in [-0.2, 0) is 17.2 Å². The summed E-state index contributed by atoms with van der Waals surface area (Å²) in [7, 11) is -1.12. The number of rotatable bonds is 7. The van der Waals surface area contributed by atoms with Crippen LogP contribution < -0.4 is 9.64 Å². The van der Waals surface area contributed by atoms with E-state index < -0.39 is 22.4 Å². The molecule has 2 heterocycles. The molecule has 1 aliphatic carbocycles. The first-order chi connectivity index (χ1) is 15.9. The number of halogens is 2. The molecule has 2 aromatic carbocycles. The van der Waals surface area contributed by atoms with Crippen molar-refractivity contribution in [1.29, 1.82) is 0 Å². The lowest BCUT2D eigenvalue weighted by Crippen LogP contribution is -2.27. The van der Waals surface area contributed by atoms with Gasteiger partial charge in [0.05, 0.1) is 6.61 Å². The van der Waals surface area contributed by atoms with Crippen LogP contribution in [0.5, 0.6) is 5.75 Å². The van der Waals surface area contributed by atoms with Crippen molar-refractivity contribution in [3.8, 4) is 16.9 Å². The molecule has 2 fully saturated rings. The fraction of sp³-hybridized carbons (Fsp3) is 0.360. The van der Waals surface area contributed by atoms with E-state index in [0.717, 1.165) is 43.2 Å². The van der Waals surface area contributed by atoms with Crippen LogP contribution in [0.15, 0.2) is 53.7 Å². The highest BCUT2D eigenvalue weighted by molar-refractivity contribution is 7.84. The van der Waals surface area contributed by atoms with Crippen molar-refractivity contribution in [1.82, 2.24) is 9.97 Å². The minimum atomic E-state index is -1.12. The summed E-state index contributed by atoms with van der Waals surface area (Å²) in [4.78, 5) is 11.7. The normalized spacial score (nSPS) is 22.2. The first-order valence-corrected chi connectivity index (χ1v) is 12.6. The Balaban J connectivity index is 1.19. The molecule has 33 heavy (non-hydrogen) atoms. The van der Waals surface area contributed by atoms with Crippen LogP contribution in [0.4, 0.5) is 14.7 Å². The highest BCUT2D eigenvalue weighted by Gasteiger charge is 2.56. The number of ether oxygens (including phenoxy) is 1. The average molecular weight is 470 g/mol. The second-order valence-corrected chi connectivity index (χ2v) is 10.1. The summed E-state index contributed by atoms with van der Waals surface area (Å²) in [6, 6.07) is 8.88. The Morgan fingerprint density at radius 2 is 1.73 bits per heavy atom. The maximum atomic E-state index is 14.7. The maximum Gasteiger partial charge on any atom is 0.225 e. The molecule has 5 rings (SSSR count). The molecule has 0 N–H and O–H groups in total. The second-order valence-electron chi connectivity index (χ2n) is 8.69. The predicted octanol–water partition coefficient (Wildman–Crippen LogP) is 4.48. The molecule has 0 amide bonds. The molecule has 0 spiro atoms. The van der Waals surface area contributed by atoms with Crippen LogP contribution in [0.3, 0.4) is 0 Å². The smallest absolute Gasteiger partial charge is 0.225 e. The van der Waals surface area contributed by atoms with Crippen LogP contribution in [0.2, 0.25) is 0 Å². The van der Waals surface area contributed by atoms with Crippen molar-refractivity contribution in [2.45, 2.75) is 18.2 Å². The van der Waals surface area contributed by atoms with Crippen LogP contribution in [0.25, 0.3) is 11.1 Å². The monoisotopic (exact) mass is 469 g/mol. The third kappa shape index (κ3) is 4.36. The Morgan fingerprint density at radius 3 is 2.33 bits per heavy atom. The summed E-state index contributed by atoms with van der Waals surface area (Å²) in [6.07, 6.45) is 6.22. The van der Waals surface area contributed by atoms with Crippen molar-refractivity contribution in [2.75, 3.05) is 30.9 Å². The van der Waals surface area contributed by atoms with Crippen molar-refractivity contribution >= 4 is 16.7 Å². The van der Waals surface area contributed by atoms with Gasteiger partial charge in [-0.05, 0) is 47.6 Å². The summed E-state index contributed by atoms with van der Waals surface area (Å²) in [5.41, 5.74) is 1.79. The summed E-state index contributed by atoms with van der Waals surface area (Å²) < 4.78 is 46.6. The lowest BCUT2D eigenvalue weighted by Gasteiger charge is -2.20. The number of aryl methyl sites for hydroxylation is 1. The molecule has 1 saturated carbocycles. The Hall–Kier alpha value is -2.87. The highest BCUT2D eigenvalue weighted by Crippen LogP contribution is 2.52. The summed E-state index contributed by atoms with van der Waals surface area (Å²) in [5, 5.41) is 0. The molecule has 1 aromatic heterocycles. The van der Waals surface area contributed by atoms with Crippen molar-refractivity contribution in [2.24, 2.45) is 17.8 Å². The molecular formula is C25H25F2N3O2S. The van der Waals surface area contributed by atoms with Gasteiger partial charge in [-0.2, -0.15) is 0 Å². The molecular weight excluding hydrogens is 444 g/mol. The number of anilines is 1. The van der Waals surface area contributed by atoms with Gasteiger partial charge in [-0.3, -0.25) is 4.21 Å². The van der Waals surface area contributed by atoms with Gasteiger partial charge in [-0.25, -0.2) is 18.7 Å². The second kappa shape index (κ2) is 8.82. The van der Waals surface area contributed by atoms with E-state index in [2.05, 4.69) is 21.8 Å². The largest absolute Gasteiger partial charge is 0.490 e. The van der Waals surface area contributed by atoms with Crippen LogP contribution >= 0.6 is 0 Å². The molecule has 3 aromatic rings. The Bertz CT molecular complexity index is 1180. The van der Waals surface area contributed by atoms with Crippen LogP contribution in [0.1, 0.15) is 12.5 Å². The fourth-order valence-electron chi connectivity index (χ4n) is 4.63. The Labute approximate surface area is 194 Å². The molecule has 1 saturated heterocycles. The molecule has 3 atom stereocenters. The van der Waals surface area contributed by atoms with Crippen LogP contribution in [0, 0.1) is 29.4 Å². The van der Waals surface area contributed by atoms with E-state index in [1.165, 1.54) is 0 Å². The first kappa shape index (κ1) is 21.9. The average Bonchev–Trinajstić information content (AvgIpc) is 3.27. The van der Waals surface area contributed by atoms with Gasteiger partial charge in [0.2, 0.25) is 5.95 Å². The topological polar surface area (TPSA) is 55.3 Å². The van der Waals surface area contributed by atoms with Gasteiger partial charge in [-0.1, -0.05) is 19.1 Å². The molecule has 5 nitrogen and oxygen atoms in total. The van der Waals surface area contributed by atoms with Gasteiger partial charge in [-0.15, -0.1) is 0 Å². The molecule has 8 heteroatoms. The van der Waals surface area contributed by atoms with Gasteiger partial charge in [0.1, 0.15) is 5.82 Å². The van der Waals surface area contributed by atoms with Gasteiger partial charge in [0.15, 0.2) is 11.6 Å². The van der Waals surface area contributed by atoms with E-state index >= 15 is 0 Å².